The van der Waals surface area contributed by atoms with Gasteiger partial charge in [0.2, 0.25) is 0 Å². The molecular weight excluding hydrogens is 220 g/mol. The van der Waals surface area contributed by atoms with Gasteiger partial charge >= 0.3 is 0 Å². The predicted octanol–water partition coefficient (Wildman–Crippen LogP) is -0.0819. The quantitative estimate of drug-likeness (QED) is 0.555. The monoisotopic (exact) mass is 236 g/mol. The first-order chi connectivity index (χ1) is 8.20. The van der Waals surface area contributed by atoms with Gasteiger partial charge in [-0.25, -0.2) is 0 Å². The molecule has 1 aromatic carbocycles. The largest absolute Gasteiger partial charge is 0.398 e. The summed E-state index contributed by atoms with van der Waals surface area (Å²) in [6.07, 6.45) is 0.942. The number of hydrogen-bond acceptors (Lipinski definition) is 5. The van der Waals surface area contributed by atoms with Gasteiger partial charge in [-0.3, -0.25) is 5.10 Å². The van der Waals surface area contributed by atoms with Crippen LogP contribution < -0.4 is 5.73 Å². The maximum atomic E-state index is 9.11. The summed E-state index contributed by atoms with van der Waals surface area (Å²) in [6, 6.07) is 0. The van der Waals surface area contributed by atoms with Gasteiger partial charge in [0.25, 0.3) is 0 Å². The number of H-pyrrole nitrogens is 1. The zero-order valence-corrected chi connectivity index (χ0v) is 9.69. The van der Waals surface area contributed by atoms with Crippen molar-refractivity contribution in [3.05, 3.63) is 16.7 Å². The predicted molar refractivity (Wildman–Crippen MR) is 64.6 cm³/mol. The lowest BCUT2D eigenvalue weighted by atomic mass is 9.95. The Morgan fingerprint density at radius 1 is 1.18 bits per heavy atom. The van der Waals surface area contributed by atoms with Crippen molar-refractivity contribution in [3.8, 4) is 0 Å². The molecular formula is C11H16N4O2. The number of aryl methyl sites for hydroxylation is 1. The number of nitrogens with one attached hydrogen (secondary N) is 1. The van der Waals surface area contributed by atoms with E-state index in [0.29, 0.717) is 18.5 Å². The number of aromatic nitrogens is 3. The average Bonchev–Trinajstić information content (AvgIpc) is 2.79. The molecule has 2 rings (SSSR count). The molecule has 1 heterocycles. The standard InChI is InChI=1S/C11H16N4O2/c1-6-9(12)7(2-4-16)8(3-5-17)11-10(6)13-15-14-11/h16-17H,2-5,12H2,1H3,(H,13,14,15). The van der Waals surface area contributed by atoms with Crippen molar-refractivity contribution in [3.63, 3.8) is 0 Å². The number of hydrogen-bond donors (Lipinski definition) is 4. The van der Waals surface area contributed by atoms with E-state index in [-0.39, 0.29) is 13.2 Å². The van der Waals surface area contributed by atoms with Crippen molar-refractivity contribution in [1.29, 1.82) is 0 Å². The lowest BCUT2D eigenvalue weighted by Gasteiger charge is -2.14. The molecule has 0 aliphatic carbocycles. The third-order valence-electron chi connectivity index (χ3n) is 3.02. The van der Waals surface area contributed by atoms with Crippen molar-refractivity contribution < 1.29 is 10.2 Å². The van der Waals surface area contributed by atoms with Gasteiger partial charge in [0, 0.05) is 24.5 Å². The van der Waals surface area contributed by atoms with Gasteiger partial charge in [-0.15, -0.1) is 5.10 Å². The molecule has 17 heavy (non-hydrogen) atoms. The molecule has 5 N–H and O–H groups in total. The van der Waals surface area contributed by atoms with Crippen LogP contribution in [0.3, 0.4) is 0 Å². The Labute approximate surface area is 98.5 Å². The molecule has 2 aromatic rings. The number of aromatic amines is 1. The first kappa shape index (κ1) is 11.8. The summed E-state index contributed by atoms with van der Waals surface area (Å²) < 4.78 is 0. The van der Waals surface area contributed by atoms with E-state index >= 15 is 0 Å². The number of aliphatic hydroxyl groups is 2. The summed E-state index contributed by atoms with van der Waals surface area (Å²) in [5, 5.41) is 28.8. The molecule has 0 atom stereocenters. The summed E-state index contributed by atoms with van der Waals surface area (Å²) >= 11 is 0. The second-order valence-corrected chi connectivity index (χ2v) is 3.98. The highest BCUT2D eigenvalue weighted by atomic mass is 16.3. The van der Waals surface area contributed by atoms with Crippen LogP contribution in [0.15, 0.2) is 0 Å². The van der Waals surface area contributed by atoms with Gasteiger partial charge in [0.05, 0.1) is 5.52 Å². The number of fused-ring (bicyclic) bond motifs is 1. The Hall–Kier alpha value is -1.66. The van der Waals surface area contributed by atoms with Gasteiger partial charge in [0.1, 0.15) is 5.52 Å². The van der Waals surface area contributed by atoms with E-state index in [1.54, 1.807) is 0 Å². The molecule has 6 nitrogen and oxygen atoms in total. The zero-order chi connectivity index (χ0) is 12.4. The van der Waals surface area contributed by atoms with Crippen LogP contribution >= 0.6 is 0 Å². The molecule has 0 unspecified atom stereocenters. The van der Waals surface area contributed by atoms with Gasteiger partial charge in [-0.05, 0) is 30.9 Å². The van der Waals surface area contributed by atoms with Gasteiger partial charge < -0.3 is 15.9 Å². The molecule has 0 saturated carbocycles. The Morgan fingerprint density at radius 3 is 2.47 bits per heavy atom. The molecule has 92 valence electrons. The molecule has 0 spiro atoms. The highest BCUT2D eigenvalue weighted by Gasteiger charge is 2.17. The highest BCUT2D eigenvalue weighted by Crippen LogP contribution is 2.30. The summed E-state index contributed by atoms with van der Waals surface area (Å²) in [4.78, 5) is 0. The molecule has 0 amide bonds. The second-order valence-electron chi connectivity index (χ2n) is 3.98. The first-order valence-electron chi connectivity index (χ1n) is 5.53. The third-order valence-corrected chi connectivity index (χ3v) is 3.02. The van der Waals surface area contributed by atoms with Crippen molar-refractivity contribution in [1.82, 2.24) is 15.4 Å². The van der Waals surface area contributed by atoms with E-state index < -0.39 is 0 Å². The fourth-order valence-corrected chi connectivity index (χ4v) is 2.15. The topological polar surface area (TPSA) is 108 Å². The minimum atomic E-state index is 0.0229. The Bertz CT molecular complexity index is 536. The fourth-order valence-electron chi connectivity index (χ4n) is 2.15. The summed E-state index contributed by atoms with van der Waals surface area (Å²) in [7, 11) is 0. The lowest BCUT2D eigenvalue weighted by molar-refractivity contribution is 0.293. The van der Waals surface area contributed by atoms with E-state index in [0.717, 1.165) is 27.7 Å². The number of benzene rings is 1. The molecule has 0 fully saturated rings. The number of rotatable bonds is 4. The van der Waals surface area contributed by atoms with Crippen LogP contribution in [0.2, 0.25) is 0 Å². The number of aliphatic hydroxyl groups excluding tert-OH is 2. The fraction of sp³-hybridized carbons (Fsp3) is 0.455. The van der Waals surface area contributed by atoms with Gasteiger partial charge in [0.15, 0.2) is 0 Å². The van der Waals surface area contributed by atoms with Crippen LogP contribution in [-0.2, 0) is 12.8 Å². The minimum absolute atomic E-state index is 0.0229. The van der Waals surface area contributed by atoms with Crippen LogP contribution in [-0.4, -0.2) is 38.8 Å². The summed E-state index contributed by atoms with van der Waals surface area (Å²) in [6.45, 7) is 1.92. The van der Waals surface area contributed by atoms with Crippen LogP contribution in [0, 0.1) is 6.92 Å². The average molecular weight is 236 g/mol. The van der Waals surface area contributed by atoms with Crippen LogP contribution in [0.4, 0.5) is 5.69 Å². The van der Waals surface area contributed by atoms with Crippen molar-refractivity contribution in [2.75, 3.05) is 18.9 Å². The minimum Gasteiger partial charge on any atom is -0.398 e. The van der Waals surface area contributed by atoms with Crippen LogP contribution in [0.1, 0.15) is 16.7 Å². The smallest absolute Gasteiger partial charge is 0.118 e. The van der Waals surface area contributed by atoms with Gasteiger partial charge in [-0.2, -0.15) is 0 Å². The highest BCUT2D eigenvalue weighted by molar-refractivity contribution is 5.88. The maximum Gasteiger partial charge on any atom is 0.118 e. The van der Waals surface area contributed by atoms with E-state index in [1.165, 1.54) is 0 Å². The summed E-state index contributed by atoms with van der Waals surface area (Å²) in [5.74, 6) is 0. The molecule has 0 aliphatic heterocycles. The maximum absolute atomic E-state index is 9.11. The Kier molecular flexibility index (Phi) is 3.26. The second kappa shape index (κ2) is 4.68. The van der Waals surface area contributed by atoms with Crippen molar-refractivity contribution in [2.45, 2.75) is 19.8 Å². The number of anilines is 1. The number of nitrogens with two attached hydrogens (primary N) is 1. The molecule has 1 aromatic heterocycles. The van der Waals surface area contributed by atoms with E-state index in [4.69, 9.17) is 15.9 Å². The SMILES string of the molecule is Cc1c(N)c(CCO)c(CCO)c2[nH]nnc12. The van der Waals surface area contributed by atoms with E-state index in [1.807, 2.05) is 6.92 Å². The molecule has 0 aliphatic rings. The molecule has 0 saturated heterocycles. The number of nitrogen functional groups attached to an aromatic ring is 1. The first-order valence-corrected chi connectivity index (χ1v) is 5.53. The third kappa shape index (κ3) is 1.85. The van der Waals surface area contributed by atoms with E-state index in [2.05, 4.69) is 15.4 Å². The zero-order valence-electron chi connectivity index (χ0n) is 9.69. The van der Waals surface area contributed by atoms with Crippen LogP contribution in [0.5, 0.6) is 0 Å². The molecule has 0 radical (unpaired) electrons. The normalized spacial score (nSPS) is 11.2. The molecule has 6 heteroatoms. The number of nitrogens with zero attached hydrogens (tertiary/aromatic N) is 2. The lowest BCUT2D eigenvalue weighted by Crippen LogP contribution is -2.07. The van der Waals surface area contributed by atoms with Crippen LogP contribution in [0.25, 0.3) is 11.0 Å². The van der Waals surface area contributed by atoms with Crippen molar-refractivity contribution in [2.24, 2.45) is 0 Å². The molecule has 0 bridgehead atoms. The van der Waals surface area contributed by atoms with Gasteiger partial charge in [-0.1, -0.05) is 5.21 Å². The Morgan fingerprint density at radius 2 is 1.82 bits per heavy atom. The Balaban J connectivity index is 2.74. The summed E-state index contributed by atoms with van der Waals surface area (Å²) in [5.41, 5.74) is 10.8. The van der Waals surface area contributed by atoms with Crippen molar-refractivity contribution >= 4 is 16.7 Å². The van der Waals surface area contributed by atoms with E-state index in [9.17, 15) is 0 Å².